The first-order chi connectivity index (χ1) is 13.2. The lowest BCUT2D eigenvalue weighted by molar-refractivity contribution is 0.180. The first-order valence-corrected chi connectivity index (χ1v) is 8.78. The summed E-state index contributed by atoms with van der Waals surface area (Å²) >= 11 is 0. The average molecular weight is 365 g/mol. The molecule has 0 unspecified atom stereocenters. The van der Waals surface area contributed by atoms with Crippen molar-refractivity contribution >= 4 is 11.7 Å². The summed E-state index contributed by atoms with van der Waals surface area (Å²) in [6.45, 7) is 1.15. The van der Waals surface area contributed by atoms with Gasteiger partial charge in [0.1, 0.15) is 17.6 Å². The van der Waals surface area contributed by atoms with Crippen LogP contribution >= 0.6 is 0 Å². The Labute approximate surface area is 157 Å². The molecule has 27 heavy (non-hydrogen) atoms. The lowest BCUT2D eigenvalue weighted by Gasteiger charge is -2.37. The molecule has 2 amide bonds. The van der Waals surface area contributed by atoms with Gasteiger partial charge in [-0.15, -0.1) is 0 Å². The van der Waals surface area contributed by atoms with Gasteiger partial charge >= 0.3 is 6.03 Å². The molecule has 0 aliphatic carbocycles. The molecule has 0 bridgehead atoms. The van der Waals surface area contributed by atoms with Crippen molar-refractivity contribution in [1.82, 2.24) is 9.47 Å². The Bertz CT molecular complexity index is 969. The van der Waals surface area contributed by atoms with E-state index in [0.717, 1.165) is 5.69 Å². The van der Waals surface area contributed by atoms with Crippen molar-refractivity contribution in [3.05, 3.63) is 83.9 Å². The molecular weight excluding hydrogens is 345 g/mol. The minimum atomic E-state index is -0.486. The second-order valence-corrected chi connectivity index (χ2v) is 6.41. The highest BCUT2D eigenvalue weighted by molar-refractivity contribution is 5.90. The van der Waals surface area contributed by atoms with Gasteiger partial charge in [-0.05, 0) is 30.3 Å². The summed E-state index contributed by atoms with van der Waals surface area (Å²) in [6, 6.07) is 16.9. The van der Waals surface area contributed by atoms with E-state index in [0.29, 0.717) is 30.1 Å². The van der Waals surface area contributed by atoms with Gasteiger partial charge in [0.25, 0.3) is 0 Å². The molecule has 3 aromatic rings. The van der Waals surface area contributed by atoms with E-state index in [1.165, 1.54) is 6.07 Å². The maximum Gasteiger partial charge on any atom is 0.322 e. The highest BCUT2D eigenvalue weighted by Crippen LogP contribution is 2.34. The number of methoxy groups -OCH3 is 1. The number of benzene rings is 2. The van der Waals surface area contributed by atoms with E-state index in [1.807, 2.05) is 30.5 Å². The van der Waals surface area contributed by atoms with Crippen molar-refractivity contribution < 1.29 is 13.9 Å². The largest absolute Gasteiger partial charge is 0.497 e. The molecule has 0 saturated heterocycles. The number of hydrogen-bond donors (Lipinski definition) is 1. The number of carbonyl (C=O) groups excluding carboxylic acids is 1. The van der Waals surface area contributed by atoms with Crippen LogP contribution in [0.25, 0.3) is 0 Å². The van der Waals surface area contributed by atoms with Crippen molar-refractivity contribution in [3.8, 4) is 5.75 Å². The number of ether oxygens (including phenoxy) is 1. The van der Waals surface area contributed by atoms with Gasteiger partial charge in [0.15, 0.2) is 0 Å². The van der Waals surface area contributed by atoms with Crippen molar-refractivity contribution in [3.63, 3.8) is 0 Å². The number of aromatic nitrogens is 1. The molecule has 5 nitrogen and oxygen atoms in total. The Morgan fingerprint density at radius 3 is 2.78 bits per heavy atom. The van der Waals surface area contributed by atoms with Gasteiger partial charge in [-0.2, -0.15) is 0 Å². The van der Waals surface area contributed by atoms with Crippen LogP contribution in [0.5, 0.6) is 5.75 Å². The predicted molar refractivity (Wildman–Crippen MR) is 101 cm³/mol. The van der Waals surface area contributed by atoms with Crippen LogP contribution in [0.1, 0.15) is 17.3 Å². The van der Waals surface area contributed by atoms with Gasteiger partial charge in [-0.25, -0.2) is 9.18 Å². The molecule has 4 rings (SSSR count). The number of nitrogens with one attached hydrogen (secondary N) is 1. The summed E-state index contributed by atoms with van der Waals surface area (Å²) in [5.41, 5.74) is 2.01. The van der Waals surface area contributed by atoms with E-state index in [2.05, 4.69) is 9.88 Å². The number of hydrogen-bond acceptors (Lipinski definition) is 2. The van der Waals surface area contributed by atoms with Crippen LogP contribution in [-0.2, 0) is 6.54 Å². The zero-order chi connectivity index (χ0) is 18.8. The maximum absolute atomic E-state index is 14.6. The molecule has 2 heterocycles. The number of fused-ring (bicyclic) bond motifs is 1. The number of anilines is 1. The van der Waals surface area contributed by atoms with Gasteiger partial charge in [-0.1, -0.05) is 24.3 Å². The molecule has 1 aliphatic rings. The van der Waals surface area contributed by atoms with Gasteiger partial charge in [0.05, 0.1) is 7.11 Å². The molecule has 0 saturated carbocycles. The van der Waals surface area contributed by atoms with Crippen LogP contribution in [0.3, 0.4) is 0 Å². The lowest BCUT2D eigenvalue weighted by Crippen LogP contribution is -2.44. The fourth-order valence-electron chi connectivity index (χ4n) is 3.52. The van der Waals surface area contributed by atoms with E-state index >= 15 is 0 Å². The third-order valence-electron chi connectivity index (χ3n) is 4.82. The van der Waals surface area contributed by atoms with Crippen LogP contribution in [-0.4, -0.2) is 29.2 Å². The van der Waals surface area contributed by atoms with Crippen molar-refractivity contribution in [1.29, 1.82) is 0 Å². The Morgan fingerprint density at radius 2 is 1.96 bits per heavy atom. The van der Waals surface area contributed by atoms with Crippen LogP contribution in [0, 0.1) is 5.82 Å². The number of amides is 2. The number of nitrogens with zero attached hydrogens (tertiary/aromatic N) is 2. The van der Waals surface area contributed by atoms with Crippen molar-refractivity contribution in [2.24, 2.45) is 0 Å². The monoisotopic (exact) mass is 365 g/mol. The molecule has 138 valence electrons. The fourth-order valence-corrected chi connectivity index (χ4v) is 3.52. The highest BCUT2D eigenvalue weighted by Gasteiger charge is 2.33. The van der Waals surface area contributed by atoms with E-state index in [1.54, 1.807) is 42.3 Å². The fraction of sp³-hybridized carbons (Fsp3) is 0.190. The van der Waals surface area contributed by atoms with Crippen molar-refractivity contribution in [2.45, 2.75) is 12.6 Å². The van der Waals surface area contributed by atoms with E-state index < -0.39 is 6.04 Å². The molecule has 1 aliphatic heterocycles. The Kier molecular flexibility index (Phi) is 4.54. The van der Waals surface area contributed by atoms with Crippen LogP contribution < -0.4 is 10.1 Å². The molecule has 0 fully saturated rings. The second-order valence-electron chi connectivity index (χ2n) is 6.41. The topological polar surface area (TPSA) is 46.5 Å². The van der Waals surface area contributed by atoms with E-state index in [4.69, 9.17) is 4.74 Å². The molecular formula is C21H20FN3O2. The summed E-state index contributed by atoms with van der Waals surface area (Å²) in [5, 5.41) is 2.90. The highest BCUT2D eigenvalue weighted by atomic mass is 19.1. The normalized spacial score (nSPS) is 15.9. The summed E-state index contributed by atoms with van der Waals surface area (Å²) in [6.07, 6.45) is 1.96. The minimum Gasteiger partial charge on any atom is -0.497 e. The Balaban J connectivity index is 1.68. The SMILES string of the molecule is COc1cccc(NC(=O)N2CCn3cccc3[C@@H]2c2ccccc2F)c1. The smallest absolute Gasteiger partial charge is 0.322 e. The summed E-state index contributed by atoms with van der Waals surface area (Å²) < 4.78 is 21.8. The Morgan fingerprint density at radius 1 is 1.11 bits per heavy atom. The second kappa shape index (κ2) is 7.15. The number of rotatable bonds is 3. The van der Waals surface area contributed by atoms with E-state index in [9.17, 15) is 9.18 Å². The third-order valence-corrected chi connectivity index (χ3v) is 4.82. The zero-order valence-corrected chi connectivity index (χ0v) is 14.9. The summed E-state index contributed by atoms with van der Waals surface area (Å²) in [4.78, 5) is 14.7. The number of urea groups is 1. The minimum absolute atomic E-state index is 0.274. The quantitative estimate of drug-likeness (QED) is 0.753. The molecule has 1 N–H and O–H groups in total. The molecule has 0 radical (unpaired) electrons. The molecule has 2 aromatic carbocycles. The lowest BCUT2D eigenvalue weighted by atomic mass is 9.99. The molecule has 1 aromatic heterocycles. The van der Waals surface area contributed by atoms with Crippen LogP contribution in [0.15, 0.2) is 66.9 Å². The van der Waals surface area contributed by atoms with Crippen LogP contribution in [0.2, 0.25) is 0 Å². The molecule has 1 atom stereocenters. The number of carbonyl (C=O) groups is 1. The first-order valence-electron chi connectivity index (χ1n) is 8.78. The summed E-state index contributed by atoms with van der Waals surface area (Å²) in [7, 11) is 1.58. The van der Waals surface area contributed by atoms with Gasteiger partial charge < -0.3 is 19.5 Å². The van der Waals surface area contributed by atoms with Crippen LogP contribution in [0.4, 0.5) is 14.9 Å². The van der Waals surface area contributed by atoms with Gasteiger partial charge in [0.2, 0.25) is 0 Å². The third kappa shape index (κ3) is 3.26. The molecule has 0 spiro atoms. The first kappa shape index (κ1) is 17.1. The maximum atomic E-state index is 14.6. The molecule has 6 heteroatoms. The summed E-state index contributed by atoms with van der Waals surface area (Å²) in [5.74, 6) is 0.335. The van der Waals surface area contributed by atoms with E-state index in [-0.39, 0.29) is 11.8 Å². The van der Waals surface area contributed by atoms with Crippen molar-refractivity contribution in [2.75, 3.05) is 19.0 Å². The predicted octanol–water partition coefficient (Wildman–Crippen LogP) is 4.27. The Hall–Kier alpha value is -3.28. The van der Waals surface area contributed by atoms with Gasteiger partial charge in [0, 0.05) is 42.3 Å². The number of halogens is 1. The standard InChI is InChI=1S/C21H20FN3O2/c1-27-16-7-4-6-15(14-16)23-21(26)25-13-12-24-11-5-10-19(24)20(25)17-8-2-3-9-18(17)22/h2-11,14,20H,12-13H2,1H3,(H,23,26)/t20-/m0/s1. The zero-order valence-electron chi connectivity index (χ0n) is 14.9. The average Bonchev–Trinajstić information content (AvgIpc) is 3.17. The van der Waals surface area contributed by atoms with Gasteiger partial charge in [-0.3, -0.25) is 0 Å².